The maximum atomic E-state index is 13.6. The molecule has 1 aromatic heterocycles. The lowest BCUT2D eigenvalue weighted by Gasteiger charge is -2.19. The first-order chi connectivity index (χ1) is 66.4. The van der Waals surface area contributed by atoms with Crippen LogP contribution in [0.1, 0.15) is 337 Å². The number of aryl methyl sites for hydroxylation is 7. The van der Waals surface area contributed by atoms with Crippen molar-refractivity contribution < 1.29 is 88.0 Å². The van der Waals surface area contributed by atoms with E-state index in [-0.39, 0.29) is 55.4 Å². The van der Waals surface area contributed by atoms with E-state index >= 15 is 0 Å². The molecule has 29 heteroatoms. The van der Waals surface area contributed by atoms with Gasteiger partial charge in [-0.25, -0.2) is 63.9 Å². The summed E-state index contributed by atoms with van der Waals surface area (Å²) in [6, 6.07) is 44.1. The number of esters is 2. The number of carbonyl (C=O) groups excluding carboxylic acids is 3. The van der Waals surface area contributed by atoms with Crippen LogP contribution >= 0.6 is 57.7 Å². The Morgan fingerprint density at radius 2 is 0.636 bits per heavy atom. The molecule has 0 atom stereocenters. The van der Waals surface area contributed by atoms with E-state index in [1.807, 2.05) is 77.1 Å². The van der Waals surface area contributed by atoms with Gasteiger partial charge in [-0.1, -0.05) is 272 Å². The second kappa shape index (κ2) is 69.9. The number of thiophene rings is 1. The van der Waals surface area contributed by atoms with Crippen LogP contribution in [0.25, 0.3) is 0 Å². The lowest BCUT2D eigenvalue weighted by molar-refractivity contribution is -0.137. The third kappa shape index (κ3) is 60.6. The Morgan fingerprint density at radius 1 is 0.350 bits per heavy atom. The minimum Gasteiger partial charge on any atom is -0.481 e. The topological polar surface area (TPSA) is 328 Å². The summed E-state index contributed by atoms with van der Waals surface area (Å²) >= 11 is 26.0. The van der Waals surface area contributed by atoms with Gasteiger partial charge in [-0.15, -0.1) is 11.3 Å². The predicted molar refractivity (Wildman–Crippen MR) is 582 cm³/mol. The molecule has 0 saturated heterocycles. The molecular formula is C114H161Cl4F4N3O15S3. The molecule has 9 aromatic rings. The number of carboxylic acids is 3. The number of rotatable bonds is 37. The summed E-state index contributed by atoms with van der Waals surface area (Å²) in [5.74, 6) is -1.40. The molecule has 0 radical (unpaired) electrons. The quantitative estimate of drug-likeness (QED) is 0.0156. The van der Waals surface area contributed by atoms with Crippen molar-refractivity contribution in [1.29, 1.82) is 0 Å². The molecule has 0 aliphatic heterocycles. The van der Waals surface area contributed by atoms with Crippen LogP contribution in [0.5, 0.6) is 0 Å². The lowest BCUT2D eigenvalue weighted by atomic mass is 9.86. The van der Waals surface area contributed by atoms with Crippen LogP contribution in [-0.4, -0.2) is 82.1 Å². The number of amides is 1. The number of aliphatic carboxylic acids is 1. The molecule has 1 amide bonds. The maximum absolute atomic E-state index is 13.6. The number of methoxy groups -OCH3 is 2. The number of primary amides is 1. The number of primary sulfonamides is 2. The minimum absolute atomic E-state index is 0.0290. The van der Waals surface area contributed by atoms with E-state index in [9.17, 15) is 63.2 Å². The molecule has 796 valence electrons. The third-order valence-electron chi connectivity index (χ3n) is 21.9. The van der Waals surface area contributed by atoms with Crippen LogP contribution in [0.4, 0.5) is 17.6 Å². The third-order valence-corrected chi connectivity index (χ3v) is 26.1. The first-order valence-electron chi connectivity index (χ1n) is 48.9. The Morgan fingerprint density at radius 3 is 0.930 bits per heavy atom. The Balaban J connectivity index is 0.00000157. The zero-order valence-electron chi connectivity index (χ0n) is 88.7. The molecule has 0 aliphatic rings. The molecule has 0 unspecified atom stereocenters. The second-order valence-corrected chi connectivity index (χ2v) is 46.2. The van der Waals surface area contributed by atoms with Crippen molar-refractivity contribution in [2.24, 2.45) is 75.2 Å². The normalized spacial score (nSPS) is 11.1. The van der Waals surface area contributed by atoms with E-state index in [0.29, 0.717) is 104 Å². The standard InChI is InChI=1S/C15H24.C13H17ClO2.C13H16F2O2.C12H16ClNO.C12H15ClO2.C12H14F2O2.C11H16ClNO2S.C11H17NO2S.C9H14S.C6H12O2/c1-12(2)6-7-13-8-10-14(11-9-13)15(3,4)5;1-9(2)4-5-10-6-7-11(8-12(10)14)13(15)16-3;1-8(2)4-5-10-11(14)6-9(7-12(10)15)13(16)17-3;2*1-8(2)3-4-9-5-6-10(12(14)15)7-11(9)13;1-7(2)3-4-9-10(13)5-8(12(15)16)6-11(9)14;1-8(2)3-4-9-5-6-10(7-11(9)12)16(13,14)15;1-9(2)3-4-10-5-7-11(8-6-10)15(12,13)14;1-8(2)5-6-9-4-3-7-10-9;1-5(2)3-4-6(7)8/h8-12H,6-7H2,1-5H3;6-9H,4-5H2,1-3H3;6-8H,4-5H2,1-3H3;5-8H,3-4H2,1-2H3,(H2,14,15);5-8H,3-4H2,1-2H3,(H,14,15);5-7H,3-4H2,1-2H3,(H,15,16);5-8H,3-4H2,1-2H3,(H2,13,14,15);5-9H,3-4H2,1-2H3,(H2,12,13,14);3-4,7-8H,5-6H2,1-2H3;5H,3-4H2,1-2H3,(H,7,8). The Kier molecular flexibility index (Phi) is 65.5. The number of aromatic carboxylic acids is 2. The predicted octanol–water partition coefficient (Wildman–Crippen LogP) is 30.9. The summed E-state index contributed by atoms with van der Waals surface area (Å²) in [5, 5.41) is 40.0. The fraction of sp³-hybridized carbons (Fsp3) is 0.491. The molecule has 0 bridgehead atoms. The van der Waals surface area contributed by atoms with Crippen LogP contribution < -0.4 is 16.0 Å². The molecule has 9 rings (SSSR count). The van der Waals surface area contributed by atoms with E-state index in [4.69, 9.17) is 77.7 Å². The molecular weight excluding hydrogens is 1970 g/mol. The zero-order valence-corrected chi connectivity index (χ0v) is 94.2. The highest BCUT2D eigenvalue weighted by atomic mass is 35.5. The van der Waals surface area contributed by atoms with Crippen molar-refractivity contribution in [3.8, 4) is 0 Å². The average Bonchev–Trinajstić information content (AvgIpc) is 0.876. The Hall–Kier alpha value is -9.02. The monoisotopic (exact) mass is 2120 g/mol. The first-order valence-corrected chi connectivity index (χ1v) is 54.4. The molecule has 1 heterocycles. The van der Waals surface area contributed by atoms with Crippen molar-refractivity contribution in [3.63, 3.8) is 0 Å². The van der Waals surface area contributed by atoms with Gasteiger partial charge in [-0.05, 0) is 322 Å². The highest BCUT2D eigenvalue weighted by Gasteiger charge is 2.21. The number of hydrogen-bond donors (Lipinski definition) is 6. The average molecular weight is 2130 g/mol. The summed E-state index contributed by atoms with van der Waals surface area (Å²) in [5.41, 5.74) is 14.4. The molecule has 143 heavy (non-hydrogen) atoms. The van der Waals surface area contributed by atoms with E-state index in [1.165, 1.54) is 74.1 Å². The van der Waals surface area contributed by atoms with Gasteiger partial charge in [0.25, 0.3) is 0 Å². The number of hydrogen-bond acceptors (Lipinski definition) is 13. The molecule has 9 N–H and O–H groups in total. The molecule has 0 saturated carbocycles. The zero-order chi connectivity index (χ0) is 110. The van der Waals surface area contributed by atoms with E-state index in [2.05, 4.69) is 169 Å². The number of ether oxygens (including phenoxy) is 2. The van der Waals surface area contributed by atoms with Gasteiger partial charge in [0.2, 0.25) is 26.0 Å². The van der Waals surface area contributed by atoms with Crippen molar-refractivity contribution in [1.82, 2.24) is 0 Å². The fourth-order valence-corrected chi connectivity index (χ4v) is 15.5. The van der Waals surface area contributed by atoms with Gasteiger partial charge in [0.15, 0.2) is 0 Å². The largest absolute Gasteiger partial charge is 0.481 e. The maximum Gasteiger partial charge on any atom is 0.338 e. The van der Waals surface area contributed by atoms with Gasteiger partial charge in [-0.2, -0.15) is 0 Å². The molecule has 8 aromatic carbocycles. The van der Waals surface area contributed by atoms with Crippen LogP contribution in [0.2, 0.25) is 20.1 Å². The van der Waals surface area contributed by atoms with E-state index < -0.39 is 73.1 Å². The van der Waals surface area contributed by atoms with Gasteiger partial charge in [0.05, 0.1) is 46.3 Å². The number of halogens is 8. The minimum atomic E-state index is -3.66. The number of benzene rings is 8. The van der Waals surface area contributed by atoms with Crippen LogP contribution in [0, 0.1) is 82.4 Å². The summed E-state index contributed by atoms with van der Waals surface area (Å²) in [6.07, 6.45) is 18.1. The van der Waals surface area contributed by atoms with Crippen LogP contribution in [0.15, 0.2) is 173 Å². The van der Waals surface area contributed by atoms with Gasteiger partial charge in [-0.3, -0.25) is 9.59 Å². The summed E-state index contributed by atoms with van der Waals surface area (Å²) in [4.78, 5) is 66.2. The van der Waals surface area contributed by atoms with Crippen LogP contribution in [-0.2, 0) is 97.5 Å². The second-order valence-electron chi connectivity index (χ2n) is 40.4. The van der Waals surface area contributed by atoms with Crippen LogP contribution in [0.3, 0.4) is 0 Å². The highest BCUT2D eigenvalue weighted by molar-refractivity contribution is 7.89. The molecule has 18 nitrogen and oxygen atoms in total. The molecule has 0 spiro atoms. The van der Waals surface area contributed by atoms with E-state index in [0.717, 1.165) is 135 Å². The summed E-state index contributed by atoms with van der Waals surface area (Å²) in [7, 11) is -4.67. The number of carboxylic acid groups (broad SMARTS) is 3. The summed E-state index contributed by atoms with van der Waals surface area (Å²) < 4.78 is 107. The van der Waals surface area contributed by atoms with Gasteiger partial charge in [0.1, 0.15) is 23.3 Å². The Bertz CT molecular complexity index is 5420. The van der Waals surface area contributed by atoms with Crippen molar-refractivity contribution >= 4 is 114 Å². The lowest BCUT2D eigenvalue weighted by Crippen LogP contribution is -2.12. The number of carbonyl (C=O) groups is 6. The Labute approximate surface area is 876 Å². The smallest absolute Gasteiger partial charge is 0.338 e. The van der Waals surface area contributed by atoms with Crippen molar-refractivity contribution in [2.45, 2.75) is 303 Å². The van der Waals surface area contributed by atoms with E-state index in [1.54, 1.807) is 54.6 Å². The number of sulfonamides is 2. The first kappa shape index (κ1) is 134. The molecule has 0 fully saturated rings. The number of nitrogens with two attached hydrogens (primary N) is 3. The van der Waals surface area contributed by atoms with Gasteiger partial charge < -0.3 is 30.5 Å². The summed E-state index contributed by atoms with van der Waals surface area (Å²) in [6.45, 7) is 49.4. The SMILES string of the molecule is CC(C)CCC(=O)O.CC(C)CCc1c(F)cc(C(=O)O)cc1F.CC(C)CCc1ccc(C(=O)O)cc1Cl.CC(C)CCc1ccc(C(C)(C)C)cc1.CC(C)CCc1ccc(C(N)=O)cc1Cl.CC(C)CCc1ccc(S(N)(=O)=O)cc1.CC(C)CCc1ccc(S(N)(=O)=O)cc1Cl.CC(C)CCc1cccs1.COC(=O)c1cc(F)c(CCC(C)C)c(F)c1.COC(=O)c1ccc(CCC(C)C)c(Cl)c1. The molecule has 0 aliphatic carbocycles. The van der Waals surface area contributed by atoms with Gasteiger partial charge in [0, 0.05) is 48.1 Å². The fourth-order valence-electron chi connectivity index (χ4n) is 12.6. The highest BCUT2D eigenvalue weighted by Crippen LogP contribution is 2.30. The van der Waals surface area contributed by atoms with Crippen molar-refractivity contribution in [3.05, 3.63) is 289 Å². The van der Waals surface area contributed by atoms with Crippen molar-refractivity contribution in [2.75, 3.05) is 14.2 Å². The van der Waals surface area contributed by atoms with Gasteiger partial charge >= 0.3 is 29.8 Å².